The van der Waals surface area contributed by atoms with Gasteiger partial charge in [-0.25, -0.2) is 4.79 Å². The predicted molar refractivity (Wildman–Crippen MR) is 97.7 cm³/mol. The van der Waals surface area contributed by atoms with Crippen LogP contribution in [0, 0.1) is 0 Å². The SMILES string of the molecule is O=c1cc(CSc2ccc(O)cc2)c2c(ccc3ccccc32)o1. The number of benzene rings is 3. The minimum Gasteiger partial charge on any atom is -0.508 e. The van der Waals surface area contributed by atoms with Crippen molar-refractivity contribution in [3.8, 4) is 5.75 Å². The van der Waals surface area contributed by atoms with Gasteiger partial charge in [0.25, 0.3) is 0 Å². The lowest BCUT2D eigenvalue weighted by Gasteiger charge is -2.09. The fraction of sp³-hybridized carbons (Fsp3) is 0.0500. The lowest BCUT2D eigenvalue weighted by Crippen LogP contribution is -2.00. The van der Waals surface area contributed by atoms with E-state index in [0.29, 0.717) is 11.3 Å². The van der Waals surface area contributed by atoms with Gasteiger partial charge in [-0.05, 0) is 46.7 Å². The number of phenols is 1. The van der Waals surface area contributed by atoms with E-state index in [1.54, 1.807) is 30.0 Å². The van der Waals surface area contributed by atoms with Crippen LogP contribution in [-0.2, 0) is 5.75 Å². The maximum atomic E-state index is 11.9. The second-order valence-corrected chi connectivity index (χ2v) is 6.58. The molecule has 1 aromatic heterocycles. The van der Waals surface area contributed by atoms with Gasteiger partial charge in [-0.1, -0.05) is 30.3 Å². The van der Waals surface area contributed by atoms with E-state index in [-0.39, 0.29) is 11.4 Å². The summed E-state index contributed by atoms with van der Waals surface area (Å²) in [5, 5.41) is 12.6. The molecule has 0 spiro atoms. The molecule has 0 aliphatic rings. The van der Waals surface area contributed by atoms with Crippen molar-refractivity contribution >= 4 is 33.5 Å². The van der Waals surface area contributed by atoms with Crippen LogP contribution in [0.4, 0.5) is 0 Å². The highest BCUT2D eigenvalue weighted by atomic mass is 32.2. The quantitative estimate of drug-likeness (QED) is 0.327. The fourth-order valence-corrected chi connectivity index (χ4v) is 3.72. The topological polar surface area (TPSA) is 50.4 Å². The van der Waals surface area contributed by atoms with Crippen molar-refractivity contribution in [1.82, 2.24) is 0 Å². The molecular formula is C20H14O3S. The number of thioether (sulfide) groups is 1. The molecule has 0 unspecified atom stereocenters. The highest BCUT2D eigenvalue weighted by Gasteiger charge is 2.10. The van der Waals surface area contributed by atoms with Crippen LogP contribution in [0.5, 0.6) is 5.75 Å². The van der Waals surface area contributed by atoms with Crippen LogP contribution in [0.3, 0.4) is 0 Å². The molecule has 4 heteroatoms. The molecule has 0 saturated carbocycles. The number of fused-ring (bicyclic) bond motifs is 3. The average Bonchev–Trinajstić information content (AvgIpc) is 2.60. The highest BCUT2D eigenvalue weighted by molar-refractivity contribution is 7.98. The Morgan fingerprint density at radius 3 is 2.58 bits per heavy atom. The monoisotopic (exact) mass is 334 g/mol. The van der Waals surface area contributed by atoms with Crippen LogP contribution in [0.15, 0.2) is 80.8 Å². The Bertz CT molecular complexity index is 1080. The molecular weight excluding hydrogens is 320 g/mol. The van der Waals surface area contributed by atoms with E-state index < -0.39 is 0 Å². The van der Waals surface area contributed by atoms with Gasteiger partial charge >= 0.3 is 5.63 Å². The minimum atomic E-state index is -0.334. The van der Waals surface area contributed by atoms with Gasteiger partial charge in [0.05, 0.1) is 0 Å². The molecule has 0 atom stereocenters. The lowest BCUT2D eigenvalue weighted by atomic mass is 10.0. The molecule has 0 aliphatic heterocycles. The summed E-state index contributed by atoms with van der Waals surface area (Å²) in [6.07, 6.45) is 0. The molecule has 24 heavy (non-hydrogen) atoms. The first kappa shape index (κ1) is 14.8. The molecule has 4 rings (SSSR count). The molecule has 0 radical (unpaired) electrons. The largest absolute Gasteiger partial charge is 0.508 e. The third-order valence-corrected chi connectivity index (χ3v) is 5.01. The maximum absolute atomic E-state index is 11.9. The Morgan fingerprint density at radius 2 is 1.75 bits per heavy atom. The Labute approximate surface area is 142 Å². The Morgan fingerprint density at radius 1 is 0.958 bits per heavy atom. The Balaban J connectivity index is 1.82. The first-order chi connectivity index (χ1) is 11.7. The number of phenolic OH excluding ortho intramolecular Hbond substituents is 1. The van der Waals surface area contributed by atoms with Crippen molar-refractivity contribution in [2.75, 3.05) is 0 Å². The Kier molecular flexibility index (Phi) is 3.75. The third-order valence-electron chi connectivity index (χ3n) is 3.95. The molecule has 3 aromatic carbocycles. The van der Waals surface area contributed by atoms with E-state index in [9.17, 15) is 9.90 Å². The highest BCUT2D eigenvalue weighted by Crippen LogP contribution is 2.31. The van der Waals surface area contributed by atoms with Gasteiger partial charge < -0.3 is 9.52 Å². The number of rotatable bonds is 3. The van der Waals surface area contributed by atoms with Gasteiger partial charge in [0.1, 0.15) is 11.3 Å². The van der Waals surface area contributed by atoms with Gasteiger partial charge in [0, 0.05) is 22.1 Å². The number of hydrogen-bond donors (Lipinski definition) is 1. The average molecular weight is 334 g/mol. The predicted octanol–water partition coefficient (Wildman–Crippen LogP) is 4.94. The van der Waals surface area contributed by atoms with Crippen molar-refractivity contribution in [2.45, 2.75) is 10.6 Å². The van der Waals surface area contributed by atoms with Crippen LogP contribution < -0.4 is 5.63 Å². The Hall–Kier alpha value is -2.72. The van der Waals surface area contributed by atoms with Crippen molar-refractivity contribution < 1.29 is 9.52 Å². The lowest BCUT2D eigenvalue weighted by molar-refractivity contribution is 0.475. The van der Waals surface area contributed by atoms with Crippen molar-refractivity contribution in [2.24, 2.45) is 0 Å². The summed E-state index contributed by atoms with van der Waals surface area (Å²) in [6.45, 7) is 0. The molecule has 4 aromatic rings. The summed E-state index contributed by atoms with van der Waals surface area (Å²) in [5.74, 6) is 0.900. The van der Waals surface area contributed by atoms with E-state index >= 15 is 0 Å². The van der Waals surface area contributed by atoms with E-state index in [1.807, 2.05) is 42.5 Å². The van der Waals surface area contributed by atoms with Gasteiger partial charge in [0.2, 0.25) is 0 Å². The first-order valence-corrected chi connectivity index (χ1v) is 8.55. The van der Waals surface area contributed by atoms with Gasteiger partial charge in [-0.3, -0.25) is 0 Å². The van der Waals surface area contributed by atoms with Crippen molar-refractivity contribution in [3.63, 3.8) is 0 Å². The zero-order valence-electron chi connectivity index (χ0n) is 12.7. The smallest absolute Gasteiger partial charge is 0.336 e. The number of hydrogen-bond acceptors (Lipinski definition) is 4. The maximum Gasteiger partial charge on any atom is 0.336 e. The summed E-state index contributed by atoms with van der Waals surface area (Å²) in [5.41, 5.74) is 1.23. The zero-order chi connectivity index (χ0) is 16.5. The molecule has 118 valence electrons. The van der Waals surface area contributed by atoms with Crippen molar-refractivity contribution in [1.29, 1.82) is 0 Å². The van der Waals surface area contributed by atoms with Gasteiger partial charge in [-0.15, -0.1) is 11.8 Å². The van der Waals surface area contributed by atoms with Crippen LogP contribution in [0.2, 0.25) is 0 Å². The van der Waals surface area contributed by atoms with Crippen LogP contribution >= 0.6 is 11.8 Å². The summed E-state index contributed by atoms with van der Waals surface area (Å²) in [7, 11) is 0. The second-order valence-electron chi connectivity index (χ2n) is 5.53. The van der Waals surface area contributed by atoms with Gasteiger partial charge in [-0.2, -0.15) is 0 Å². The van der Waals surface area contributed by atoms with Crippen molar-refractivity contribution in [3.05, 3.63) is 82.7 Å². The normalized spacial score (nSPS) is 11.2. The van der Waals surface area contributed by atoms with Gasteiger partial charge in [0.15, 0.2) is 0 Å². The first-order valence-electron chi connectivity index (χ1n) is 7.57. The molecule has 0 bridgehead atoms. The summed E-state index contributed by atoms with van der Waals surface area (Å²) < 4.78 is 5.38. The molecule has 3 nitrogen and oxygen atoms in total. The molecule has 1 heterocycles. The number of aromatic hydroxyl groups is 1. The summed E-state index contributed by atoms with van der Waals surface area (Å²) in [4.78, 5) is 12.9. The van der Waals surface area contributed by atoms with Crippen LogP contribution in [0.1, 0.15) is 5.56 Å². The molecule has 0 amide bonds. The third kappa shape index (κ3) is 2.76. The van der Waals surface area contributed by atoms with E-state index in [0.717, 1.165) is 26.6 Å². The standard InChI is InChI=1S/C20H14O3S/c21-15-6-8-16(9-7-15)24-12-14-11-19(22)23-18-10-5-13-3-1-2-4-17(13)20(14)18/h1-11,21H,12H2. The van der Waals surface area contributed by atoms with Crippen LogP contribution in [0.25, 0.3) is 21.7 Å². The second kappa shape index (κ2) is 6.06. The molecule has 0 aliphatic carbocycles. The zero-order valence-corrected chi connectivity index (χ0v) is 13.5. The summed E-state index contributed by atoms with van der Waals surface area (Å²) in [6, 6.07) is 20.5. The fourth-order valence-electron chi connectivity index (χ4n) is 2.84. The van der Waals surface area contributed by atoms with E-state index in [4.69, 9.17) is 4.42 Å². The van der Waals surface area contributed by atoms with E-state index in [1.165, 1.54) is 0 Å². The molecule has 0 saturated heterocycles. The van der Waals surface area contributed by atoms with Crippen LogP contribution in [-0.4, -0.2) is 5.11 Å². The molecule has 1 N–H and O–H groups in total. The summed E-state index contributed by atoms with van der Waals surface area (Å²) >= 11 is 1.62. The van der Waals surface area contributed by atoms with E-state index in [2.05, 4.69) is 6.07 Å². The minimum absolute atomic E-state index is 0.246. The molecule has 0 fully saturated rings.